The summed E-state index contributed by atoms with van der Waals surface area (Å²) in [5.41, 5.74) is 3.54. The number of rotatable bonds is 4. The first-order valence-electron chi connectivity index (χ1n) is 7.82. The summed E-state index contributed by atoms with van der Waals surface area (Å²) >= 11 is 6.15. The van der Waals surface area contributed by atoms with Gasteiger partial charge < -0.3 is 4.90 Å². The van der Waals surface area contributed by atoms with Crippen LogP contribution in [-0.2, 0) is 5.88 Å². The molecule has 1 fully saturated rings. The third-order valence-electron chi connectivity index (χ3n) is 4.86. The van der Waals surface area contributed by atoms with Crippen LogP contribution in [0, 0.1) is 19.8 Å². The zero-order chi connectivity index (χ0) is 14.7. The lowest BCUT2D eigenvalue weighted by molar-refractivity contribution is 0.312. The molecule has 0 radical (unpaired) electrons. The predicted molar refractivity (Wildman–Crippen MR) is 87.7 cm³/mol. The van der Waals surface area contributed by atoms with E-state index in [0.717, 1.165) is 17.4 Å². The van der Waals surface area contributed by atoms with Gasteiger partial charge in [0.2, 0.25) is 0 Å². The van der Waals surface area contributed by atoms with Crippen molar-refractivity contribution >= 4 is 17.4 Å². The maximum Gasteiger partial charge on any atom is 0.133 e. The van der Waals surface area contributed by atoms with Crippen molar-refractivity contribution in [2.45, 2.75) is 64.8 Å². The Labute approximate surface area is 128 Å². The molecule has 0 spiro atoms. The summed E-state index contributed by atoms with van der Waals surface area (Å²) in [6, 6.07) is 2.75. The van der Waals surface area contributed by atoms with Crippen molar-refractivity contribution in [2.75, 3.05) is 11.9 Å². The normalized spacial score (nSPS) is 22.9. The summed E-state index contributed by atoms with van der Waals surface area (Å²) < 4.78 is 0. The second-order valence-corrected chi connectivity index (χ2v) is 6.48. The first kappa shape index (κ1) is 15.6. The van der Waals surface area contributed by atoms with Crippen LogP contribution in [-0.4, -0.2) is 18.1 Å². The summed E-state index contributed by atoms with van der Waals surface area (Å²) in [4.78, 5) is 7.14. The maximum atomic E-state index is 6.15. The van der Waals surface area contributed by atoms with Crippen molar-refractivity contribution in [3.05, 3.63) is 22.9 Å². The van der Waals surface area contributed by atoms with E-state index in [0.29, 0.717) is 11.9 Å². The second-order valence-electron chi connectivity index (χ2n) is 6.21. The SMILES string of the molecule is CCC1CCC(N(C)c2nc(C)cc(C)c2CCl)CC1. The molecule has 0 N–H and O–H groups in total. The molecule has 1 aromatic rings. The summed E-state index contributed by atoms with van der Waals surface area (Å²) in [5, 5.41) is 0. The van der Waals surface area contributed by atoms with E-state index in [2.05, 4.69) is 38.8 Å². The first-order valence-corrected chi connectivity index (χ1v) is 8.36. The van der Waals surface area contributed by atoms with Crippen molar-refractivity contribution in [1.82, 2.24) is 4.98 Å². The molecular weight excluding hydrogens is 268 g/mol. The second kappa shape index (κ2) is 6.80. The van der Waals surface area contributed by atoms with Crippen LogP contribution in [0.15, 0.2) is 6.07 Å². The number of alkyl halides is 1. The van der Waals surface area contributed by atoms with E-state index in [1.165, 1.54) is 43.2 Å². The first-order chi connectivity index (χ1) is 9.56. The number of hydrogen-bond acceptors (Lipinski definition) is 2. The summed E-state index contributed by atoms with van der Waals surface area (Å²) in [5.74, 6) is 2.57. The van der Waals surface area contributed by atoms with Gasteiger partial charge in [-0.05, 0) is 57.1 Å². The number of hydrogen-bond donors (Lipinski definition) is 0. The number of nitrogens with zero attached hydrogens (tertiary/aromatic N) is 2. The highest BCUT2D eigenvalue weighted by molar-refractivity contribution is 6.17. The average molecular weight is 295 g/mol. The molecule has 0 amide bonds. The van der Waals surface area contributed by atoms with Gasteiger partial charge in [0.15, 0.2) is 0 Å². The molecule has 1 aliphatic rings. The highest BCUT2D eigenvalue weighted by atomic mass is 35.5. The smallest absolute Gasteiger partial charge is 0.133 e. The zero-order valence-electron chi connectivity index (χ0n) is 13.2. The van der Waals surface area contributed by atoms with Gasteiger partial charge in [-0.1, -0.05) is 13.3 Å². The highest BCUT2D eigenvalue weighted by Crippen LogP contribution is 2.33. The van der Waals surface area contributed by atoms with Crippen LogP contribution in [0.25, 0.3) is 0 Å². The lowest BCUT2D eigenvalue weighted by atomic mass is 9.84. The van der Waals surface area contributed by atoms with Crippen LogP contribution in [0.2, 0.25) is 0 Å². The average Bonchev–Trinajstić information content (AvgIpc) is 2.46. The molecule has 0 unspecified atom stereocenters. The van der Waals surface area contributed by atoms with Gasteiger partial charge in [-0.3, -0.25) is 0 Å². The summed E-state index contributed by atoms with van der Waals surface area (Å²) in [6.45, 7) is 6.51. The maximum absolute atomic E-state index is 6.15. The number of pyridine rings is 1. The van der Waals surface area contributed by atoms with E-state index < -0.39 is 0 Å². The molecule has 112 valence electrons. The molecule has 0 bridgehead atoms. The van der Waals surface area contributed by atoms with Crippen LogP contribution < -0.4 is 4.90 Å². The molecule has 0 saturated heterocycles. The molecule has 2 rings (SSSR count). The van der Waals surface area contributed by atoms with Gasteiger partial charge in [0, 0.05) is 24.3 Å². The Morgan fingerprint density at radius 3 is 2.45 bits per heavy atom. The molecule has 2 nitrogen and oxygen atoms in total. The third kappa shape index (κ3) is 3.28. The van der Waals surface area contributed by atoms with Crippen LogP contribution in [0.5, 0.6) is 0 Å². The fourth-order valence-electron chi connectivity index (χ4n) is 3.41. The van der Waals surface area contributed by atoms with Crippen molar-refractivity contribution in [3.8, 4) is 0 Å². The molecule has 1 heterocycles. The minimum absolute atomic E-state index is 0.545. The minimum atomic E-state index is 0.545. The van der Waals surface area contributed by atoms with E-state index in [-0.39, 0.29) is 0 Å². The van der Waals surface area contributed by atoms with E-state index >= 15 is 0 Å². The van der Waals surface area contributed by atoms with Crippen molar-refractivity contribution in [1.29, 1.82) is 0 Å². The van der Waals surface area contributed by atoms with Gasteiger partial charge in [0.05, 0.1) is 5.88 Å². The van der Waals surface area contributed by atoms with E-state index in [1.807, 2.05) is 0 Å². The largest absolute Gasteiger partial charge is 0.356 e. The Bertz CT molecular complexity index is 451. The molecule has 3 heteroatoms. The van der Waals surface area contributed by atoms with E-state index in [4.69, 9.17) is 16.6 Å². The Hall–Kier alpha value is -0.760. The molecule has 20 heavy (non-hydrogen) atoms. The van der Waals surface area contributed by atoms with Gasteiger partial charge in [-0.2, -0.15) is 0 Å². The number of anilines is 1. The van der Waals surface area contributed by atoms with E-state index in [9.17, 15) is 0 Å². The summed E-state index contributed by atoms with van der Waals surface area (Å²) in [6.07, 6.45) is 6.60. The predicted octanol–water partition coefficient (Wildman–Crippen LogP) is 4.84. The number of halogens is 1. The highest BCUT2D eigenvalue weighted by Gasteiger charge is 2.25. The molecule has 1 aromatic heterocycles. The molecule has 0 aliphatic heterocycles. The monoisotopic (exact) mass is 294 g/mol. The zero-order valence-corrected chi connectivity index (χ0v) is 14.0. The van der Waals surface area contributed by atoms with Crippen LogP contribution >= 0.6 is 11.6 Å². The van der Waals surface area contributed by atoms with Crippen molar-refractivity contribution < 1.29 is 0 Å². The minimum Gasteiger partial charge on any atom is -0.356 e. The third-order valence-corrected chi connectivity index (χ3v) is 5.13. The molecule has 1 saturated carbocycles. The fourth-order valence-corrected chi connectivity index (χ4v) is 3.74. The van der Waals surface area contributed by atoms with Gasteiger partial charge >= 0.3 is 0 Å². The molecule has 1 aliphatic carbocycles. The quantitative estimate of drug-likeness (QED) is 0.739. The Morgan fingerprint density at radius 1 is 1.25 bits per heavy atom. The fraction of sp³-hybridized carbons (Fsp3) is 0.706. The lowest BCUT2D eigenvalue weighted by Crippen LogP contribution is -2.36. The van der Waals surface area contributed by atoms with Crippen LogP contribution in [0.4, 0.5) is 5.82 Å². The van der Waals surface area contributed by atoms with Crippen molar-refractivity contribution in [3.63, 3.8) is 0 Å². The number of aryl methyl sites for hydroxylation is 2. The molecule has 0 atom stereocenters. The Morgan fingerprint density at radius 2 is 1.90 bits per heavy atom. The standard InChI is InChI=1S/C17H27ClN2/c1-5-14-6-8-15(9-7-14)20(4)17-16(11-18)12(2)10-13(3)19-17/h10,14-15H,5-9,11H2,1-4H3. The topological polar surface area (TPSA) is 16.1 Å². The Kier molecular flexibility index (Phi) is 5.31. The van der Waals surface area contributed by atoms with E-state index in [1.54, 1.807) is 0 Å². The lowest BCUT2D eigenvalue weighted by Gasteiger charge is -2.36. The molecule has 0 aromatic carbocycles. The van der Waals surface area contributed by atoms with Crippen LogP contribution in [0.1, 0.15) is 55.8 Å². The summed E-state index contributed by atoms with van der Waals surface area (Å²) in [7, 11) is 2.19. The van der Waals surface area contributed by atoms with Gasteiger partial charge in [-0.25, -0.2) is 4.98 Å². The number of aromatic nitrogens is 1. The van der Waals surface area contributed by atoms with Gasteiger partial charge in [-0.15, -0.1) is 11.6 Å². The molecular formula is C17H27ClN2. The van der Waals surface area contributed by atoms with Gasteiger partial charge in [0.1, 0.15) is 5.82 Å². The van der Waals surface area contributed by atoms with Crippen molar-refractivity contribution in [2.24, 2.45) is 5.92 Å². The Balaban J connectivity index is 2.19. The van der Waals surface area contributed by atoms with Crippen LogP contribution in [0.3, 0.4) is 0 Å². The van der Waals surface area contributed by atoms with Gasteiger partial charge in [0.25, 0.3) is 0 Å².